The van der Waals surface area contributed by atoms with Crippen LogP contribution in [0.3, 0.4) is 0 Å². The number of carbonyl (C=O) groups excluding carboxylic acids is 2. The largest absolute Gasteiger partial charge is 0.490 e. The molecular formula is C20H16IN3O4. The minimum absolute atomic E-state index is 0.0211. The van der Waals surface area contributed by atoms with Crippen LogP contribution in [0.5, 0.6) is 11.5 Å². The number of hydrogen-bond donors (Lipinski definition) is 1. The lowest BCUT2D eigenvalue weighted by molar-refractivity contribution is -0.117. The lowest BCUT2D eigenvalue weighted by Gasteiger charge is -2.14. The number of benzene rings is 2. The molecule has 2 aromatic carbocycles. The maximum atomic E-state index is 12.7. The summed E-state index contributed by atoms with van der Waals surface area (Å²) in [4.78, 5) is 25.0. The molecule has 0 radical (unpaired) electrons. The average Bonchev–Trinajstić information content (AvgIpc) is 2.96. The topological polar surface area (TPSA) is 91.7 Å². The van der Waals surface area contributed by atoms with E-state index in [2.05, 4.69) is 28.0 Å². The van der Waals surface area contributed by atoms with Crippen LogP contribution in [-0.4, -0.2) is 25.0 Å². The van der Waals surface area contributed by atoms with E-state index in [1.165, 1.54) is 11.1 Å². The molecule has 8 heteroatoms. The van der Waals surface area contributed by atoms with E-state index in [1.54, 1.807) is 36.4 Å². The standard InChI is InChI=1S/C20H16IN3O4/c1-2-27-17-12-13(11-16(21)18(17)28-9-8-22)10-15-19(25)23-24(20(15)26)14-6-4-3-5-7-14/h3-7,10-12H,2,9H2,1H3,(H,23,25)/b15-10-. The molecule has 0 spiro atoms. The predicted molar refractivity (Wildman–Crippen MR) is 111 cm³/mol. The highest BCUT2D eigenvalue weighted by Gasteiger charge is 2.34. The van der Waals surface area contributed by atoms with Gasteiger partial charge in [-0.1, -0.05) is 18.2 Å². The second-order valence-corrected chi connectivity index (χ2v) is 6.85. The zero-order valence-electron chi connectivity index (χ0n) is 14.9. The van der Waals surface area contributed by atoms with Gasteiger partial charge in [0, 0.05) is 0 Å². The summed E-state index contributed by atoms with van der Waals surface area (Å²) in [5.74, 6) is -0.0119. The molecular weight excluding hydrogens is 473 g/mol. The van der Waals surface area contributed by atoms with E-state index in [1.807, 2.05) is 19.1 Å². The van der Waals surface area contributed by atoms with Crippen molar-refractivity contribution in [2.75, 3.05) is 18.2 Å². The maximum absolute atomic E-state index is 12.7. The number of amides is 2. The van der Waals surface area contributed by atoms with E-state index in [0.717, 1.165) is 0 Å². The van der Waals surface area contributed by atoms with Crippen LogP contribution in [0.1, 0.15) is 12.5 Å². The van der Waals surface area contributed by atoms with Crippen molar-refractivity contribution in [1.29, 1.82) is 5.26 Å². The van der Waals surface area contributed by atoms with E-state index in [4.69, 9.17) is 14.7 Å². The quantitative estimate of drug-likeness (QED) is 0.383. The smallest absolute Gasteiger partial charge is 0.282 e. The van der Waals surface area contributed by atoms with Crippen LogP contribution < -0.4 is 19.9 Å². The van der Waals surface area contributed by atoms with Gasteiger partial charge >= 0.3 is 0 Å². The molecule has 0 unspecified atom stereocenters. The van der Waals surface area contributed by atoms with Crippen molar-refractivity contribution in [2.24, 2.45) is 0 Å². The molecule has 0 atom stereocenters. The summed E-state index contributed by atoms with van der Waals surface area (Å²) < 4.78 is 11.7. The molecule has 0 bridgehead atoms. The second-order valence-electron chi connectivity index (χ2n) is 5.68. The van der Waals surface area contributed by atoms with Crippen molar-refractivity contribution in [3.8, 4) is 17.6 Å². The SMILES string of the molecule is CCOc1cc(/C=C2/C(=O)NN(c3ccccc3)C2=O)cc(I)c1OCC#N. The van der Waals surface area contributed by atoms with Gasteiger partial charge in [0.25, 0.3) is 11.8 Å². The summed E-state index contributed by atoms with van der Waals surface area (Å²) in [5, 5.41) is 9.96. The van der Waals surface area contributed by atoms with E-state index in [9.17, 15) is 9.59 Å². The molecule has 142 valence electrons. The Morgan fingerprint density at radius 3 is 2.64 bits per heavy atom. The van der Waals surface area contributed by atoms with Crippen molar-refractivity contribution < 1.29 is 19.1 Å². The lowest BCUT2D eigenvalue weighted by Crippen LogP contribution is -2.35. The minimum Gasteiger partial charge on any atom is -0.490 e. The molecule has 7 nitrogen and oxygen atoms in total. The molecule has 3 rings (SSSR count). The molecule has 1 aliphatic rings. The summed E-state index contributed by atoms with van der Waals surface area (Å²) in [6.07, 6.45) is 1.51. The van der Waals surface area contributed by atoms with Gasteiger partial charge in [-0.05, 0) is 65.4 Å². The number of rotatable bonds is 6. The maximum Gasteiger partial charge on any atom is 0.282 e. The van der Waals surface area contributed by atoms with Crippen LogP contribution in [0.2, 0.25) is 0 Å². The van der Waals surface area contributed by atoms with Crippen molar-refractivity contribution in [2.45, 2.75) is 6.92 Å². The van der Waals surface area contributed by atoms with Crippen LogP contribution >= 0.6 is 22.6 Å². The van der Waals surface area contributed by atoms with Crippen LogP contribution in [0, 0.1) is 14.9 Å². The molecule has 0 aromatic heterocycles. The summed E-state index contributed by atoms with van der Waals surface area (Å²) >= 11 is 2.06. The minimum atomic E-state index is -0.480. The highest BCUT2D eigenvalue weighted by Crippen LogP contribution is 2.35. The normalized spacial score (nSPS) is 14.8. The van der Waals surface area contributed by atoms with Crippen LogP contribution in [0.4, 0.5) is 5.69 Å². The Morgan fingerprint density at radius 1 is 1.21 bits per heavy atom. The first-order valence-electron chi connectivity index (χ1n) is 8.43. The number of nitriles is 1. The number of nitrogens with zero attached hydrogens (tertiary/aromatic N) is 2. The van der Waals surface area contributed by atoms with Crippen molar-refractivity contribution >= 4 is 46.2 Å². The van der Waals surface area contributed by atoms with Gasteiger partial charge < -0.3 is 9.47 Å². The molecule has 1 fully saturated rings. The van der Waals surface area contributed by atoms with Gasteiger partial charge in [0.1, 0.15) is 11.6 Å². The monoisotopic (exact) mass is 489 g/mol. The van der Waals surface area contributed by atoms with Crippen LogP contribution in [0.25, 0.3) is 6.08 Å². The highest BCUT2D eigenvalue weighted by atomic mass is 127. The number of hydrazine groups is 1. The van der Waals surface area contributed by atoms with Gasteiger partial charge in [-0.3, -0.25) is 15.0 Å². The van der Waals surface area contributed by atoms with Crippen molar-refractivity contribution in [3.63, 3.8) is 0 Å². The van der Waals surface area contributed by atoms with Gasteiger partial charge in [0.15, 0.2) is 18.1 Å². The Bertz CT molecular complexity index is 983. The number of anilines is 1. The fourth-order valence-corrected chi connectivity index (χ4v) is 3.44. The Morgan fingerprint density at radius 2 is 1.96 bits per heavy atom. The molecule has 0 aliphatic carbocycles. The molecule has 1 N–H and O–H groups in total. The first-order valence-corrected chi connectivity index (χ1v) is 9.51. The summed E-state index contributed by atoms with van der Waals surface area (Å²) in [6, 6.07) is 14.2. The van der Waals surface area contributed by atoms with Crippen molar-refractivity contribution in [3.05, 3.63) is 57.2 Å². The van der Waals surface area contributed by atoms with Gasteiger partial charge in [0.05, 0.1) is 15.9 Å². The van der Waals surface area contributed by atoms with Crippen LogP contribution in [0.15, 0.2) is 48.0 Å². The molecule has 2 amide bonds. The van der Waals surface area contributed by atoms with E-state index >= 15 is 0 Å². The number of ether oxygens (including phenoxy) is 2. The summed E-state index contributed by atoms with van der Waals surface area (Å²) in [5.41, 5.74) is 3.78. The van der Waals surface area contributed by atoms with Gasteiger partial charge in [-0.25, -0.2) is 5.01 Å². The Balaban J connectivity index is 1.95. The van der Waals surface area contributed by atoms with Crippen LogP contribution in [-0.2, 0) is 9.59 Å². The first-order chi connectivity index (χ1) is 13.5. The predicted octanol–water partition coefficient (Wildman–Crippen LogP) is 3.05. The number of halogens is 1. The third kappa shape index (κ3) is 4.09. The molecule has 1 heterocycles. The fourth-order valence-electron chi connectivity index (χ4n) is 2.66. The molecule has 0 saturated carbocycles. The van der Waals surface area contributed by atoms with Crippen molar-refractivity contribution in [1.82, 2.24) is 5.43 Å². The molecule has 1 saturated heterocycles. The third-order valence-electron chi connectivity index (χ3n) is 3.83. The van der Waals surface area contributed by atoms with E-state index in [-0.39, 0.29) is 12.2 Å². The summed E-state index contributed by atoms with van der Waals surface area (Å²) in [6.45, 7) is 2.13. The van der Waals surface area contributed by atoms with Gasteiger partial charge in [0.2, 0.25) is 0 Å². The van der Waals surface area contributed by atoms with E-state index in [0.29, 0.717) is 32.9 Å². The Kier molecular flexibility index (Phi) is 6.16. The zero-order valence-corrected chi connectivity index (χ0v) is 17.1. The number of para-hydroxylation sites is 1. The first kappa shape index (κ1) is 19.7. The highest BCUT2D eigenvalue weighted by molar-refractivity contribution is 14.1. The molecule has 28 heavy (non-hydrogen) atoms. The van der Waals surface area contributed by atoms with E-state index < -0.39 is 11.8 Å². The summed E-state index contributed by atoms with van der Waals surface area (Å²) in [7, 11) is 0. The lowest BCUT2D eigenvalue weighted by atomic mass is 10.1. The number of carbonyl (C=O) groups is 2. The average molecular weight is 489 g/mol. The molecule has 1 aliphatic heterocycles. The Hall–Kier alpha value is -3.06. The Labute approximate surface area is 175 Å². The number of nitrogens with one attached hydrogen (secondary N) is 1. The molecule has 2 aromatic rings. The van der Waals surface area contributed by atoms with Gasteiger partial charge in [-0.2, -0.15) is 5.26 Å². The third-order valence-corrected chi connectivity index (χ3v) is 4.63. The second kappa shape index (κ2) is 8.75. The van der Waals surface area contributed by atoms with Gasteiger partial charge in [-0.15, -0.1) is 0 Å². The zero-order chi connectivity index (χ0) is 20.1. The fraction of sp³-hybridized carbons (Fsp3) is 0.150. The number of hydrogen-bond acceptors (Lipinski definition) is 5.